The Morgan fingerprint density at radius 3 is 3.00 bits per heavy atom. The maximum absolute atomic E-state index is 5.80. The first-order valence-corrected chi connectivity index (χ1v) is 5.88. The Hall–Kier alpha value is 0.0396. The van der Waals surface area contributed by atoms with Gasteiger partial charge in [-0.1, -0.05) is 0 Å². The second kappa shape index (κ2) is 2.58. The normalized spacial score (nSPS) is 10.5. The summed E-state index contributed by atoms with van der Waals surface area (Å²) in [6, 6.07) is 8.31. The predicted octanol–water partition coefficient (Wildman–Crippen LogP) is 2.55. The fourth-order valence-corrected chi connectivity index (χ4v) is 3.32. The Labute approximate surface area is 74.0 Å². The Balaban J connectivity index is 2.86. The molecule has 0 aliphatic carbocycles. The average Bonchev–Trinajstić information content (AvgIpc) is 2.33. The monoisotopic (exact) mass is 266 g/mol. The Morgan fingerprint density at radius 2 is 2.10 bits per heavy atom. The van der Waals surface area contributed by atoms with E-state index in [4.69, 9.17) is 11.6 Å². The van der Waals surface area contributed by atoms with Crippen molar-refractivity contribution < 1.29 is 0 Å². The SMILES string of the molecule is Clc1ccc2[te]ccc2c1. The Bertz CT molecular complexity index is 351. The molecule has 1 aromatic heterocycles. The third-order valence-corrected chi connectivity index (χ3v) is 4.21. The topological polar surface area (TPSA) is 0 Å². The number of hydrogen-bond donors (Lipinski definition) is 0. The van der Waals surface area contributed by atoms with Crippen LogP contribution in [0.15, 0.2) is 28.3 Å². The second-order valence-corrected chi connectivity index (χ2v) is 5.24. The summed E-state index contributed by atoms with van der Waals surface area (Å²) in [7, 11) is 0. The molecule has 0 amide bonds. The molecule has 0 aliphatic heterocycles. The number of hydrogen-bond acceptors (Lipinski definition) is 0. The van der Waals surface area contributed by atoms with E-state index < -0.39 is 0 Å². The van der Waals surface area contributed by atoms with Crippen LogP contribution in [0.1, 0.15) is 0 Å². The average molecular weight is 264 g/mol. The van der Waals surface area contributed by atoms with Crippen molar-refractivity contribution in [1.82, 2.24) is 0 Å². The first-order valence-electron chi connectivity index (χ1n) is 2.99. The van der Waals surface area contributed by atoms with Gasteiger partial charge >= 0.3 is 74.2 Å². The first kappa shape index (κ1) is 6.73. The van der Waals surface area contributed by atoms with E-state index in [0.717, 1.165) is 5.02 Å². The zero-order valence-corrected chi connectivity index (χ0v) is 8.26. The molecule has 0 radical (unpaired) electrons. The van der Waals surface area contributed by atoms with Gasteiger partial charge < -0.3 is 0 Å². The molecule has 0 fully saturated rings. The summed E-state index contributed by atoms with van der Waals surface area (Å²) < 4.78 is 3.79. The standard InChI is InChI=1S/C8H5ClTe/c9-7-1-2-8-6(5-7)3-4-10-8/h1-5H. The van der Waals surface area contributed by atoms with E-state index in [0.29, 0.717) is 0 Å². The van der Waals surface area contributed by atoms with E-state index in [-0.39, 0.29) is 20.4 Å². The van der Waals surface area contributed by atoms with E-state index in [1.54, 1.807) is 0 Å². The van der Waals surface area contributed by atoms with Crippen molar-refractivity contribution >= 4 is 40.8 Å². The molecule has 0 unspecified atom stereocenters. The van der Waals surface area contributed by atoms with Gasteiger partial charge in [0.25, 0.3) is 0 Å². The van der Waals surface area contributed by atoms with Crippen LogP contribution >= 0.6 is 11.6 Å². The molecule has 1 aromatic carbocycles. The molecule has 0 aliphatic rings. The molecule has 2 rings (SSSR count). The van der Waals surface area contributed by atoms with Gasteiger partial charge in [0.2, 0.25) is 0 Å². The van der Waals surface area contributed by atoms with Gasteiger partial charge in [-0.25, -0.2) is 0 Å². The molecule has 0 spiro atoms. The summed E-state index contributed by atoms with van der Waals surface area (Å²) in [6.07, 6.45) is 0. The van der Waals surface area contributed by atoms with Gasteiger partial charge in [0.15, 0.2) is 0 Å². The molecule has 0 N–H and O–H groups in total. The maximum atomic E-state index is 5.80. The molecular formula is C8H5ClTe. The van der Waals surface area contributed by atoms with Crippen LogP contribution in [0.4, 0.5) is 0 Å². The molecule has 50 valence electrons. The van der Waals surface area contributed by atoms with Gasteiger partial charge in [0, 0.05) is 0 Å². The van der Waals surface area contributed by atoms with Gasteiger partial charge in [0.05, 0.1) is 0 Å². The van der Waals surface area contributed by atoms with E-state index in [1.807, 2.05) is 12.1 Å². The van der Waals surface area contributed by atoms with Crippen LogP contribution in [0.5, 0.6) is 0 Å². The minimum atomic E-state index is 0.00843. The van der Waals surface area contributed by atoms with Crippen molar-refractivity contribution in [3.63, 3.8) is 0 Å². The summed E-state index contributed by atoms with van der Waals surface area (Å²) in [6.45, 7) is 0. The zero-order chi connectivity index (χ0) is 6.97. The fourth-order valence-electron chi connectivity index (χ4n) is 0.938. The number of rotatable bonds is 0. The van der Waals surface area contributed by atoms with Crippen molar-refractivity contribution in [1.29, 1.82) is 0 Å². The van der Waals surface area contributed by atoms with Crippen LogP contribution < -0.4 is 0 Å². The number of benzene rings is 1. The third kappa shape index (κ3) is 1.10. The van der Waals surface area contributed by atoms with Crippen molar-refractivity contribution in [2.24, 2.45) is 0 Å². The van der Waals surface area contributed by atoms with Crippen molar-refractivity contribution in [3.05, 3.63) is 33.4 Å². The Kier molecular flexibility index (Phi) is 1.74. The fraction of sp³-hybridized carbons (Fsp3) is 0. The third-order valence-electron chi connectivity index (χ3n) is 1.41. The van der Waals surface area contributed by atoms with Crippen molar-refractivity contribution in [2.45, 2.75) is 0 Å². The van der Waals surface area contributed by atoms with Crippen LogP contribution in [-0.4, -0.2) is 20.4 Å². The van der Waals surface area contributed by atoms with Crippen LogP contribution in [0.2, 0.25) is 5.02 Å². The molecule has 10 heavy (non-hydrogen) atoms. The summed E-state index contributed by atoms with van der Waals surface area (Å²) in [5, 5.41) is 2.17. The summed E-state index contributed by atoms with van der Waals surface area (Å²) >= 11 is 5.81. The molecule has 2 aromatic rings. The second-order valence-electron chi connectivity index (χ2n) is 2.10. The molecule has 0 nitrogen and oxygen atoms in total. The van der Waals surface area contributed by atoms with Gasteiger partial charge in [-0.15, -0.1) is 0 Å². The van der Waals surface area contributed by atoms with Crippen LogP contribution in [0.25, 0.3) is 8.79 Å². The summed E-state index contributed by atoms with van der Waals surface area (Å²) in [5.74, 6) is 0. The van der Waals surface area contributed by atoms with E-state index in [1.165, 1.54) is 8.79 Å². The van der Waals surface area contributed by atoms with Gasteiger partial charge in [-0.3, -0.25) is 0 Å². The number of fused-ring (bicyclic) bond motifs is 1. The van der Waals surface area contributed by atoms with E-state index >= 15 is 0 Å². The van der Waals surface area contributed by atoms with Crippen molar-refractivity contribution in [3.8, 4) is 0 Å². The minimum absolute atomic E-state index is 0.00843. The van der Waals surface area contributed by atoms with Gasteiger partial charge in [-0.2, -0.15) is 0 Å². The molecule has 0 atom stereocenters. The quantitative estimate of drug-likeness (QED) is 0.641. The molecule has 1 heterocycles. The summed E-state index contributed by atoms with van der Waals surface area (Å²) in [4.78, 5) is 0. The zero-order valence-electron chi connectivity index (χ0n) is 5.17. The molecule has 0 saturated carbocycles. The van der Waals surface area contributed by atoms with Crippen LogP contribution in [0.3, 0.4) is 0 Å². The number of halogens is 1. The molecule has 0 saturated heterocycles. The van der Waals surface area contributed by atoms with E-state index in [9.17, 15) is 0 Å². The van der Waals surface area contributed by atoms with Crippen molar-refractivity contribution in [2.75, 3.05) is 0 Å². The van der Waals surface area contributed by atoms with Gasteiger partial charge in [-0.05, 0) is 0 Å². The first-order chi connectivity index (χ1) is 4.86. The summed E-state index contributed by atoms with van der Waals surface area (Å²) in [5.41, 5.74) is 0. The van der Waals surface area contributed by atoms with E-state index in [2.05, 4.69) is 16.2 Å². The van der Waals surface area contributed by atoms with Gasteiger partial charge in [0.1, 0.15) is 0 Å². The van der Waals surface area contributed by atoms with Crippen LogP contribution in [-0.2, 0) is 0 Å². The predicted molar refractivity (Wildman–Crippen MR) is 45.9 cm³/mol. The van der Waals surface area contributed by atoms with Crippen LogP contribution in [0, 0.1) is 0 Å². The molecule has 2 heteroatoms. The Morgan fingerprint density at radius 1 is 1.20 bits per heavy atom. The molecular weight excluding hydrogens is 259 g/mol. The molecule has 0 bridgehead atoms.